The van der Waals surface area contributed by atoms with Gasteiger partial charge >= 0.3 is 0 Å². The largest absolute Gasteiger partial charge is 0.294 e. The Labute approximate surface area is 113 Å². The van der Waals surface area contributed by atoms with Gasteiger partial charge in [-0.05, 0) is 55.0 Å². The van der Waals surface area contributed by atoms with Crippen LogP contribution in [0.2, 0.25) is 0 Å². The molecule has 0 atom stereocenters. The van der Waals surface area contributed by atoms with Crippen LogP contribution in [-0.2, 0) is 6.42 Å². The predicted octanol–water partition coefficient (Wildman–Crippen LogP) is 3.88. The van der Waals surface area contributed by atoms with Gasteiger partial charge in [-0.3, -0.25) is 9.78 Å². The van der Waals surface area contributed by atoms with E-state index in [0.717, 1.165) is 29.5 Å². The van der Waals surface area contributed by atoms with Crippen LogP contribution >= 0.6 is 0 Å². The van der Waals surface area contributed by atoms with E-state index in [2.05, 4.69) is 24.0 Å². The molecule has 2 heteroatoms. The lowest BCUT2D eigenvalue weighted by Crippen LogP contribution is -2.12. The maximum atomic E-state index is 11.9. The summed E-state index contributed by atoms with van der Waals surface area (Å²) < 4.78 is 0. The number of nitrogens with zero attached hydrogens (tertiary/aromatic N) is 1. The van der Waals surface area contributed by atoms with E-state index in [0.29, 0.717) is 12.2 Å². The van der Waals surface area contributed by atoms with E-state index in [1.54, 1.807) is 0 Å². The van der Waals surface area contributed by atoms with Gasteiger partial charge in [-0.25, -0.2) is 0 Å². The highest BCUT2D eigenvalue weighted by molar-refractivity contribution is 5.99. The number of pyridine rings is 1. The fourth-order valence-corrected chi connectivity index (χ4v) is 2.92. The molecule has 1 aliphatic rings. The summed E-state index contributed by atoms with van der Waals surface area (Å²) in [6, 6.07) is 6.20. The van der Waals surface area contributed by atoms with Gasteiger partial charge in [-0.1, -0.05) is 12.1 Å². The molecule has 0 saturated heterocycles. The topological polar surface area (TPSA) is 30.0 Å². The van der Waals surface area contributed by atoms with Crippen molar-refractivity contribution < 1.29 is 4.79 Å². The van der Waals surface area contributed by atoms with Gasteiger partial charge in [0.25, 0.3) is 0 Å². The van der Waals surface area contributed by atoms with E-state index in [-0.39, 0.29) is 0 Å². The van der Waals surface area contributed by atoms with E-state index in [9.17, 15) is 4.79 Å². The zero-order chi connectivity index (χ0) is 13.4. The average molecular weight is 251 g/mol. The summed E-state index contributed by atoms with van der Waals surface area (Å²) in [5.41, 5.74) is 6.88. The standard InChI is InChI=1S/C17H17NO/c1-11-8-13(10-18-9-11)14-6-7-16-15(12(14)2)4-3-5-17(16)19/h6-10H,3-5H2,1-2H3. The molecule has 0 unspecified atom stereocenters. The van der Waals surface area contributed by atoms with Crippen LogP contribution in [0.3, 0.4) is 0 Å². The van der Waals surface area contributed by atoms with Crippen molar-refractivity contribution in [2.75, 3.05) is 0 Å². The minimum atomic E-state index is 0.290. The van der Waals surface area contributed by atoms with Gasteiger partial charge in [0.2, 0.25) is 0 Å². The van der Waals surface area contributed by atoms with Gasteiger partial charge in [0.1, 0.15) is 0 Å². The number of carbonyl (C=O) groups excluding carboxylic acids is 1. The van der Waals surface area contributed by atoms with Crippen LogP contribution in [0.25, 0.3) is 11.1 Å². The Morgan fingerprint density at radius 2 is 1.84 bits per heavy atom. The predicted molar refractivity (Wildman–Crippen MR) is 76.4 cm³/mol. The number of aryl methyl sites for hydroxylation is 1. The molecule has 0 saturated carbocycles. The highest BCUT2D eigenvalue weighted by Gasteiger charge is 2.20. The summed E-state index contributed by atoms with van der Waals surface area (Å²) in [6.07, 6.45) is 6.44. The molecule has 0 fully saturated rings. The number of rotatable bonds is 1. The van der Waals surface area contributed by atoms with E-state index in [1.807, 2.05) is 25.4 Å². The fourth-order valence-electron chi connectivity index (χ4n) is 2.92. The van der Waals surface area contributed by atoms with Crippen LogP contribution < -0.4 is 0 Å². The highest BCUT2D eigenvalue weighted by Crippen LogP contribution is 2.31. The van der Waals surface area contributed by atoms with Gasteiger partial charge < -0.3 is 0 Å². The molecule has 1 aliphatic carbocycles. The SMILES string of the molecule is Cc1cncc(-c2ccc3c(c2C)CCCC3=O)c1. The summed E-state index contributed by atoms with van der Waals surface area (Å²) in [5, 5.41) is 0. The zero-order valence-corrected chi connectivity index (χ0v) is 11.4. The van der Waals surface area contributed by atoms with Crippen LogP contribution in [-0.4, -0.2) is 10.8 Å². The molecule has 1 aromatic heterocycles. The van der Waals surface area contributed by atoms with Crippen LogP contribution in [0, 0.1) is 13.8 Å². The number of benzene rings is 1. The van der Waals surface area contributed by atoms with E-state index in [4.69, 9.17) is 0 Å². The number of aromatic nitrogens is 1. The first kappa shape index (κ1) is 12.1. The molecule has 2 aromatic rings. The second kappa shape index (κ2) is 4.61. The van der Waals surface area contributed by atoms with Crippen molar-refractivity contribution in [3.8, 4) is 11.1 Å². The quantitative estimate of drug-likeness (QED) is 0.769. The second-order valence-corrected chi connectivity index (χ2v) is 5.29. The molecule has 2 nitrogen and oxygen atoms in total. The van der Waals surface area contributed by atoms with Crippen LogP contribution in [0.15, 0.2) is 30.6 Å². The molecule has 0 N–H and O–H groups in total. The number of fused-ring (bicyclic) bond motifs is 1. The van der Waals surface area contributed by atoms with Gasteiger partial charge in [0.05, 0.1) is 0 Å². The Bertz CT molecular complexity index is 658. The van der Waals surface area contributed by atoms with Crippen molar-refractivity contribution in [2.45, 2.75) is 33.1 Å². The van der Waals surface area contributed by atoms with E-state index >= 15 is 0 Å². The molecule has 19 heavy (non-hydrogen) atoms. The third-order valence-electron chi connectivity index (χ3n) is 3.92. The van der Waals surface area contributed by atoms with Crippen LogP contribution in [0.4, 0.5) is 0 Å². The molecule has 3 rings (SSSR count). The van der Waals surface area contributed by atoms with Gasteiger partial charge in [-0.2, -0.15) is 0 Å². The molecule has 0 aliphatic heterocycles. The van der Waals surface area contributed by atoms with Crippen molar-refractivity contribution in [1.82, 2.24) is 4.98 Å². The van der Waals surface area contributed by atoms with Gasteiger partial charge in [-0.15, -0.1) is 0 Å². The molecule has 1 heterocycles. The monoisotopic (exact) mass is 251 g/mol. The van der Waals surface area contributed by atoms with Crippen molar-refractivity contribution in [1.29, 1.82) is 0 Å². The summed E-state index contributed by atoms with van der Waals surface area (Å²) in [4.78, 5) is 16.2. The summed E-state index contributed by atoms with van der Waals surface area (Å²) in [7, 11) is 0. The summed E-state index contributed by atoms with van der Waals surface area (Å²) in [5.74, 6) is 0.290. The number of hydrogen-bond acceptors (Lipinski definition) is 2. The van der Waals surface area contributed by atoms with Crippen molar-refractivity contribution in [3.63, 3.8) is 0 Å². The van der Waals surface area contributed by atoms with E-state index < -0.39 is 0 Å². The number of Topliss-reactive ketones (excluding diaryl/α,β-unsaturated/α-hetero) is 1. The number of hydrogen-bond donors (Lipinski definition) is 0. The minimum Gasteiger partial charge on any atom is -0.294 e. The third kappa shape index (κ3) is 2.07. The zero-order valence-electron chi connectivity index (χ0n) is 11.4. The molecule has 0 radical (unpaired) electrons. The van der Waals surface area contributed by atoms with Crippen LogP contribution in [0.1, 0.15) is 39.9 Å². The third-order valence-corrected chi connectivity index (χ3v) is 3.92. The second-order valence-electron chi connectivity index (χ2n) is 5.29. The molecule has 0 amide bonds. The van der Waals surface area contributed by atoms with Crippen molar-refractivity contribution >= 4 is 5.78 Å². The molecular formula is C17H17NO. The normalized spacial score (nSPS) is 14.3. The number of ketones is 1. The molecular weight excluding hydrogens is 234 g/mol. The Balaban J connectivity index is 2.17. The smallest absolute Gasteiger partial charge is 0.163 e. The lowest BCUT2D eigenvalue weighted by atomic mass is 9.84. The Morgan fingerprint density at radius 1 is 1.05 bits per heavy atom. The maximum Gasteiger partial charge on any atom is 0.163 e. The lowest BCUT2D eigenvalue weighted by Gasteiger charge is -2.19. The molecule has 1 aromatic carbocycles. The first-order chi connectivity index (χ1) is 9.16. The molecule has 0 bridgehead atoms. The number of carbonyl (C=O) groups is 1. The van der Waals surface area contributed by atoms with Crippen molar-refractivity contribution in [3.05, 3.63) is 52.8 Å². The first-order valence-electron chi connectivity index (χ1n) is 6.74. The molecule has 0 spiro atoms. The van der Waals surface area contributed by atoms with E-state index in [1.165, 1.54) is 16.7 Å². The summed E-state index contributed by atoms with van der Waals surface area (Å²) in [6.45, 7) is 4.17. The summed E-state index contributed by atoms with van der Waals surface area (Å²) >= 11 is 0. The van der Waals surface area contributed by atoms with Crippen molar-refractivity contribution in [2.24, 2.45) is 0 Å². The maximum absolute atomic E-state index is 11.9. The Kier molecular flexibility index (Phi) is 2.94. The molecule has 96 valence electrons. The van der Waals surface area contributed by atoms with Gasteiger partial charge in [0.15, 0.2) is 5.78 Å². The average Bonchev–Trinajstić information content (AvgIpc) is 2.40. The van der Waals surface area contributed by atoms with Crippen LogP contribution in [0.5, 0.6) is 0 Å². The Hall–Kier alpha value is -1.96. The highest BCUT2D eigenvalue weighted by atomic mass is 16.1. The van der Waals surface area contributed by atoms with Gasteiger partial charge in [0, 0.05) is 29.9 Å². The Morgan fingerprint density at radius 3 is 2.63 bits per heavy atom. The first-order valence-corrected chi connectivity index (χ1v) is 6.74. The minimum absolute atomic E-state index is 0.290. The lowest BCUT2D eigenvalue weighted by molar-refractivity contribution is 0.0972. The fraction of sp³-hybridized carbons (Fsp3) is 0.294.